The first-order valence-corrected chi connectivity index (χ1v) is 9.43. The van der Waals surface area contributed by atoms with Gasteiger partial charge >= 0.3 is 0 Å². The number of rotatable bonds is 4. The number of benzene rings is 2. The van der Waals surface area contributed by atoms with Gasteiger partial charge in [0.15, 0.2) is 5.69 Å². The number of aromatic amines is 1. The Morgan fingerprint density at radius 1 is 1.21 bits per heavy atom. The first kappa shape index (κ1) is 18.8. The molecule has 0 saturated carbocycles. The highest BCUT2D eigenvalue weighted by Crippen LogP contribution is 2.36. The van der Waals surface area contributed by atoms with E-state index in [0.29, 0.717) is 16.6 Å². The number of carbonyl (C=O) groups excluding carboxylic acids is 2. The van der Waals surface area contributed by atoms with Gasteiger partial charge in [0.1, 0.15) is 11.1 Å². The Labute approximate surface area is 167 Å². The quantitative estimate of drug-likeness (QED) is 0.559. The van der Waals surface area contributed by atoms with Gasteiger partial charge in [0.05, 0.1) is 5.52 Å². The van der Waals surface area contributed by atoms with E-state index in [0.717, 1.165) is 11.8 Å². The number of nitrogens with one attached hydrogen (secondary N) is 2. The molecule has 0 aliphatic carbocycles. The fourth-order valence-corrected chi connectivity index (χ4v) is 3.64. The highest BCUT2D eigenvalue weighted by molar-refractivity contribution is 8.15. The van der Waals surface area contributed by atoms with Crippen LogP contribution in [-0.2, 0) is 9.59 Å². The average molecular weight is 411 g/mol. The molecule has 1 atom stereocenters. The van der Waals surface area contributed by atoms with Crippen LogP contribution in [-0.4, -0.2) is 32.3 Å². The molecule has 2 aromatic carbocycles. The van der Waals surface area contributed by atoms with Gasteiger partial charge < -0.3 is 15.4 Å². The molecule has 0 saturated heterocycles. The number of aromatic hydroxyl groups is 1. The smallest absolute Gasteiger partial charge is 0.262 e. The van der Waals surface area contributed by atoms with Gasteiger partial charge in [-0.3, -0.25) is 9.59 Å². The van der Waals surface area contributed by atoms with Crippen LogP contribution in [0, 0.1) is 5.82 Å². The van der Waals surface area contributed by atoms with Gasteiger partial charge in [0.25, 0.3) is 5.91 Å². The van der Waals surface area contributed by atoms with E-state index in [9.17, 15) is 19.1 Å². The Morgan fingerprint density at radius 2 is 1.97 bits per heavy atom. The summed E-state index contributed by atoms with van der Waals surface area (Å²) in [7, 11) is 0. The van der Waals surface area contributed by atoms with Gasteiger partial charge in [-0.05, 0) is 30.3 Å². The Bertz CT molecular complexity index is 1160. The molecule has 1 aliphatic rings. The predicted octanol–water partition coefficient (Wildman–Crippen LogP) is 4.12. The standard InChI is InChI=1S/C19H14FN5O3S/c20-10-5-7-11(8-6-10)21-15(26)9-14-17(27)23-19(29-14)25-24-16-12-3-1-2-4-13(12)22-18(16)28/h1-8,14,22,28H,9H2,(H,21,26). The minimum absolute atomic E-state index is 0.109. The van der Waals surface area contributed by atoms with Crippen molar-refractivity contribution >= 4 is 51.0 Å². The molecule has 29 heavy (non-hydrogen) atoms. The second kappa shape index (κ2) is 7.84. The maximum atomic E-state index is 12.9. The van der Waals surface area contributed by atoms with Gasteiger partial charge in [-0.25, -0.2) is 4.39 Å². The van der Waals surface area contributed by atoms with Crippen LogP contribution in [0.3, 0.4) is 0 Å². The summed E-state index contributed by atoms with van der Waals surface area (Å²) in [4.78, 5) is 30.8. The molecule has 1 aliphatic heterocycles. The molecule has 0 spiro atoms. The number of nitrogens with zero attached hydrogens (tertiary/aromatic N) is 3. The molecule has 0 fully saturated rings. The zero-order valence-electron chi connectivity index (χ0n) is 14.8. The number of hydrogen-bond acceptors (Lipinski definition) is 6. The third kappa shape index (κ3) is 4.16. The molecule has 8 nitrogen and oxygen atoms in total. The molecule has 3 N–H and O–H groups in total. The van der Waals surface area contributed by atoms with Crippen LogP contribution >= 0.6 is 11.8 Å². The Hall–Kier alpha value is -3.53. The van der Waals surface area contributed by atoms with Gasteiger partial charge in [-0.1, -0.05) is 30.0 Å². The third-order valence-corrected chi connectivity index (χ3v) is 5.16. The number of anilines is 1. The van der Waals surface area contributed by atoms with Crippen LogP contribution < -0.4 is 5.32 Å². The van der Waals surface area contributed by atoms with E-state index in [1.54, 1.807) is 18.2 Å². The monoisotopic (exact) mass is 411 g/mol. The highest BCUT2D eigenvalue weighted by Gasteiger charge is 2.31. The molecule has 2 heterocycles. The summed E-state index contributed by atoms with van der Waals surface area (Å²) in [6, 6.07) is 12.5. The van der Waals surface area contributed by atoms with Crippen LogP contribution in [0.2, 0.25) is 0 Å². The Balaban J connectivity index is 1.40. The van der Waals surface area contributed by atoms with Crippen LogP contribution in [0.4, 0.5) is 15.8 Å². The molecule has 10 heteroatoms. The lowest BCUT2D eigenvalue weighted by molar-refractivity contribution is -0.121. The molecule has 2 amide bonds. The number of amidine groups is 1. The van der Waals surface area contributed by atoms with E-state index >= 15 is 0 Å². The highest BCUT2D eigenvalue weighted by atomic mass is 32.2. The second-order valence-corrected chi connectivity index (χ2v) is 7.34. The molecule has 3 aromatic rings. The van der Waals surface area contributed by atoms with Crippen molar-refractivity contribution in [2.45, 2.75) is 11.7 Å². The van der Waals surface area contributed by atoms with Gasteiger partial charge in [-0.15, -0.1) is 10.2 Å². The van der Waals surface area contributed by atoms with Crippen molar-refractivity contribution in [1.29, 1.82) is 0 Å². The maximum absolute atomic E-state index is 12.9. The number of aromatic nitrogens is 1. The summed E-state index contributed by atoms with van der Waals surface area (Å²) in [5.41, 5.74) is 1.38. The van der Waals surface area contributed by atoms with Crippen molar-refractivity contribution in [2.75, 3.05) is 5.32 Å². The van der Waals surface area contributed by atoms with Crippen LogP contribution in [0.15, 0.2) is 63.8 Å². The largest absolute Gasteiger partial charge is 0.493 e. The van der Waals surface area contributed by atoms with Crippen LogP contribution in [0.1, 0.15) is 6.42 Å². The third-order valence-electron chi connectivity index (χ3n) is 4.12. The number of para-hydroxylation sites is 1. The lowest BCUT2D eigenvalue weighted by atomic mass is 10.2. The minimum Gasteiger partial charge on any atom is -0.493 e. The lowest BCUT2D eigenvalue weighted by Gasteiger charge is -2.07. The summed E-state index contributed by atoms with van der Waals surface area (Å²) in [6.07, 6.45) is -0.109. The number of amides is 2. The molecule has 1 unspecified atom stereocenters. The van der Waals surface area contributed by atoms with Crippen molar-refractivity contribution in [3.63, 3.8) is 0 Å². The number of hydrogen-bond donors (Lipinski definition) is 3. The molecular formula is C19H14FN5O3S. The average Bonchev–Trinajstić information content (AvgIpc) is 3.20. The molecule has 146 valence electrons. The maximum Gasteiger partial charge on any atom is 0.262 e. The summed E-state index contributed by atoms with van der Waals surface area (Å²) < 4.78 is 12.9. The fourth-order valence-electron chi connectivity index (χ4n) is 2.77. The van der Waals surface area contributed by atoms with E-state index in [1.807, 2.05) is 6.07 Å². The molecule has 1 aromatic heterocycles. The summed E-state index contributed by atoms with van der Waals surface area (Å²) in [5.74, 6) is -1.43. The van der Waals surface area contributed by atoms with E-state index in [4.69, 9.17) is 0 Å². The zero-order chi connectivity index (χ0) is 20.4. The van der Waals surface area contributed by atoms with Crippen LogP contribution in [0.5, 0.6) is 5.88 Å². The lowest BCUT2D eigenvalue weighted by Crippen LogP contribution is -2.21. The summed E-state index contributed by atoms with van der Waals surface area (Å²) in [5, 5.41) is 20.6. The number of halogens is 1. The number of thioether (sulfide) groups is 1. The van der Waals surface area contributed by atoms with Crippen molar-refractivity contribution in [2.24, 2.45) is 15.2 Å². The van der Waals surface area contributed by atoms with Crippen molar-refractivity contribution in [1.82, 2.24) is 4.98 Å². The minimum atomic E-state index is -0.721. The van der Waals surface area contributed by atoms with E-state index in [1.165, 1.54) is 24.3 Å². The normalized spacial score (nSPS) is 16.5. The van der Waals surface area contributed by atoms with E-state index < -0.39 is 22.9 Å². The van der Waals surface area contributed by atoms with Crippen molar-refractivity contribution in [3.05, 3.63) is 54.3 Å². The van der Waals surface area contributed by atoms with E-state index in [-0.39, 0.29) is 23.2 Å². The predicted molar refractivity (Wildman–Crippen MR) is 108 cm³/mol. The molecule has 0 radical (unpaired) electrons. The number of H-pyrrole nitrogens is 1. The fraction of sp³-hybridized carbons (Fsp3) is 0.105. The van der Waals surface area contributed by atoms with E-state index in [2.05, 4.69) is 25.5 Å². The topological polar surface area (TPSA) is 119 Å². The summed E-state index contributed by atoms with van der Waals surface area (Å²) >= 11 is 1.02. The SMILES string of the molecule is O=C(CC1SC(N=Nc2c(O)[nH]c3ccccc23)=NC1=O)Nc1ccc(F)cc1. The molecular weight excluding hydrogens is 397 g/mol. The van der Waals surface area contributed by atoms with Crippen LogP contribution in [0.25, 0.3) is 10.9 Å². The molecule has 4 rings (SSSR count). The summed E-state index contributed by atoms with van der Waals surface area (Å²) in [6.45, 7) is 0. The van der Waals surface area contributed by atoms with Gasteiger partial charge in [0, 0.05) is 17.5 Å². The first-order valence-electron chi connectivity index (χ1n) is 8.55. The van der Waals surface area contributed by atoms with Crippen molar-refractivity contribution in [3.8, 4) is 5.88 Å². The second-order valence-electron chi connectivity index (χ2n) is 6.17. The number of azo groups is 1. The molecule has 0 bridgehead atoms. The first-order chi connectivity index (χ1) is 14.0. The van der Waals surface area contributed by atoms with Gasteiger partial charge in [0.2, 0.25) is 17.0 Å². The van der Waals surface area contributed by atoms with Gasteiger partial charge in [-0.2, -0.15) is 4.99 Å². The number of fused-ring (bicyclic) bond motifs is 1. The Morgan fingerprint density at radius 3 is 2.76 bits per heavy atom. The number of carbonyl (C=O) groups is 2. The zero-order valence-corrected chi connectivity index (χ0v) is 15.6. The van der Waals surface area contributed by atoms with Crippen molar-refractivity contribution < 1.29 is 19.1 Å². The number of aliphatic imine (C=N–C) groups is 1. The Kier molecular flexibility index (Phi) is 5.09.